The molecule has 4 N–H and O–H groups in total. The first kappa shape index (κ1) is 13.7. The Morgan fingerprint density at radius 1 is 1.47 bits per heavy atom. The van der Waals surface area contributed by atoms with Crippen molar-refractivity contribution in [2.24, 2.45) is 11.7 Å². The van der Waals surface area contributed by atoms with Gasteiger partial charge in [0.05, 0.1) is 5.56 Å². The minimum atomic E-state index is -1.23. The highest BCUT2D eigenvalue weighted by atomic mass is 35.5. The van der Waals surface area contributed by atoms with Crippen LogP contribution in [0.3, 0.4) is 0 Å². The molecular formula is C11H13ClFNO3. The Balaban J connectivity index is 0.00000144. The molecule has 4 nitrogen and oxygen atoms in total. The van der Waals surface area contributed by atoms with Crippen LogP contribution in [0.25, 0.3) is 0 Å². The number of aromatic hydroxyl groups is 1. The second-order valence-corrected chi connectivity index (χ2v) is 4.06. The molecule has 1 aromatic carbocycles. The molecule has 1 aliphatic rings. The van der Waals surface area contributed by atoms with Gasteiger partial charge in [-0.2, -0.15) is 0 Å². The number of phenolic OH excluding ortho intramolecular Hbond substituents is 1. The number of hydrogen-bond acceptors (Lipinski definition) is 3. The second kappa shape index (κ2) is 4.89. The van der Waals surface area contributed by atoms with Crippen LogP contribution in [-0.2, 0) is 0 Å². The van der Waals surface area contributed by atoms with Crippen molar-refractivity contribution in [3.8, 4) is 5.75 Å². The summed E-state index contributed by atoms with van der Waals surface area (Å²) in [5, 5.41) is 18.3. The predicted octanol–water partition coefficient (Wildman–Crippen LogP) is 2.06. The highest BCUT2D eigenvalue weighted by molar-refractivity contribution is 5.88. The van der Waals surface area contributed by atoms with Crippen molar-refractivity contribution in [1.82, 2.24) is 0 Å². The molecule has 1 aromatic rings. The first-order valence-corrected chi connectivity index (χ1v) is 5.02. The van der Waals surface area contributed by atoms with Gasteiger partial charge >= 0.3 is 5.97 Å². The van der Waals surface area contributed by atoms with Crippen molar-refractivity contribution in [1.29, 1.82) is 0 Å². The molecular weight excluding hydrogens is 249 g/mol. The predicted molar refractivity (Wildman–Crippen MR) is 61.9 cm³/mol. The lowest BCUT2D eigenvalue weighted by atomic mass is 9.99. The van der Waals surface area contributed by atoms with E-state index in [1.54, 1.807) is 0 Å². The summed E-state index contributed by atoms with van der Waals surface area (Å²) in [4.78, 5) is 10.7. The lowest BCUT2D eigenvalue weighted by Gasteiger charge is -2.13. The van der Waals surface area contributed by atoms with Gasteiger partial charge in [-0.3, -0.25) is 0 Å². The molecule has 6 heteroatoms. The van der Waals surface area contributed by atoms with Crippen LogP contribution >= 0.6 is 12.4 Å². The van der Waals surface area contributed by atoms with Crippen LogP contribution in [0.1, 0.15) is 34.8 Å². The minimum Gasteiger partial charge on any atom is -0.505 e. The van der Waals surface area contributed by atoms with Gasteiger partial charge in [0, 0.05) is 11.6 Å². The van der Waals surface area contributed by atoms with Crippen LogP contribution in [0.4, 0.5) is 4.39 Å². The van der Waals surface area contributed by atoms with Gasteiger partial charge in [0.15, 0.2) is 11.6 Å². The number of benzene rings is 1. The van der Waals surface area contributed by atoms with E-state index in [1.165, 1.54) is 6.07 Å². The van der Waals surface area contributed by atoms with Crippen molar-refractivity contribution < 1.29 is 19.4 Å². The molecule has 0 spiro atoms. The molecule has 1 aliphatic carbocycles. The molecule has 17 heavy (non-hydrogen) atoms. The van der Waals surface area contributed by atoms with E-state index in [0.29, 0.717) is 0 Å². The lowest BCUT2D eigenvalue weighted by molar-refractivity contribution is 0.0696. The number of nitrogens with two attached hydrogens (primary N) is 1. The lowest BCUT2D eigenvalue weighted by Crippen LogP contribution is -2.14. The third-order valence-electron chi connectivity index (χ3n) is 2.83. The average molecular weight is 262 g/mol. The summed E-state index contributed by atoms with van der Waals surface area (Å²) in [7, 11) is 0. The molecule has 0 unspecified atom stereocenters. The average Bonchev–Trinajstić information content (AvgIpc) is 3.04. The third kappa shape index (κ3) is 2.68. The Morgan fingerprint density at radius 3 is 2.53 bits per heavy atom. The van der Waals surface area contributed by atoms with E-state index in [9.17, 15) is 14.3 Å². The van der Waals surface area contributed by atoms with Gasteiger partial charge in [-0.25, -0.2) is 9.18 Å². The van der Waals surface area contributed by atoms with E-state index < -0.39 is 23.6 Å². The fourth-order valence-electron chi connectivity index (χ4n) is 1.71. The van der Waals surface area contributed by atoms with E-state index in [1.807, 2.05) is 0 Å². The molecule has 0 heterocycles. The van der Waals surface area contributed by atoms with Crippen LogP contribution in [0.15, 0.2) is 12.1 Å². The van der Waals surface area contributed by atoms with Crippen molar-refractivity contribution in [2.45, 2.75) is 18.9 Å². The zero-order chi connectivity index (χ0) is 11.9. The fraction of sp³-hybridized carbons (Fsp3) is 0.364. The monoisotopic (exact) mass is 261 g/mol. The molecule has 1 saturated carbocycles. The topological polar surface area (TPSA) is 83.6 Å². The smallest absolute Gasteiger partial charge is 0.335 e. The number of aromatic carboxylic acids is 1. The quantitative estimate of drug-likeness (QED) is 0.778. The van der Waals surface area contributed by atoms with Gasteiger partial charge in [0.1, 0.15) is 0 Å². The number of halogens is 2. The van der Waals surface area contributed by atoms with Gasteiger partial charge in [-0.1, -0.05) is 0 Å². The summed E-state index contributed by atoms with van der Waals surface area (Å²) < 4.78 is 13.3. The third-order valence-corrected chi connectivity index (χ3v) is 2.83. The van der Waals surface area contributed by atoms with Crippen LogP contribution < -0.4 is 5.73 Å². The minimum absolute atomic E-state index is 0. The van der Waals surface area contributed by atoms with Crippen LogP contribution in [0, 0.1) is 11.7 Å². The summed E-state index contributed by atoms with van der Waals surface area (Å²) in [6, 6.07) is 1.54. The van der Waals surface area contributed by atoms with Crippen LogP contribution in [-0.4, -0.2) is 16.2 Å². The van der Waals surface area contributed by atoms with E-state index in [0.717, 1.165) is 18.9 Å². The first-order valence-electron chi connectivity index (χ1n) is 5.02. The molecule has 1 atom stereocenters. The highest BCUT2D eigenvalue weighted by Crippen LogP contribution is 2.42. The summed E-state index contributed by atoms with van der Waals surface area (Å²) in [6.07, 6.45) is 1.86. The zero-order valence-electron chi connectivity index (χ0n) is 8.89. The molecule has 0 radical (unpaired) electrons. The van der Waals surface area contributed by atoms with Gasteiger partial charge in [0.2, 0.25) is 0 Å². The van der Waals surface area contributed by atoms with Crippen molar-refractivity contribution in [2.75, 3.05) is 0 Å². The molecule has 1 fully saturated rings. The standard InChI is InChI=1S/C11H12FNO3.ClH/c12-8-4-6(11(15)16)3-7(10(8)14)9(13)5-1-2-5;/h3-5,9,14H,1-2,13H2,(H,15,16);1H/t9-;/m0./s1. The highest BCUT2D eigenvalue weighted by Gasteiger charge is 2.32. The van der Waals surface area contributed by atoms with Gasteiger partial charge in [-0.05, 0) is 30.9 Å². The van der Waals surface area contributed by atoms with Gasteiger partial charge < -0.3 is 15.9 Å². The maximum absolute atomic E-state index is 13.3. The molecule has 0 aliphatic heterocycles. The number of rotatable bonds is 3. The molecule has 2 rings (SSSR count). The maximum Gasteiger partial charge on any atom is 0.335 e. The number of carboxylic acid groups (broad SMARTS) is 1. The first-order chi connectivity index (χ1) is 7.50. The van der Waals surface area contributed by atoms with Crippen LogP contribution in [0.2, 0.25) is 0 Å². The van der Waals surface area contributed by atoms with E-state index >= 15 is 0 Å². The Morgan fingerprint density at radius 2 is 2.06 bits per heavy atom. The van der Waals surface area contributed by atoms with E-state index in [2.05, 4.69) is 0 Å². The van der Waals surface area contributed by atoms with Gasteiger partial charge in [0.25, 0.3) is 0 Å². The van der Waals surface area contributed by atoms with E-state index in [-0.39, 0.29) is 29.5 Å². The van der Waals surface area contributed by atoms with Crippen molar-refractivity contribution in [3.05, 3.63) is 29.1 Å². The Bertz CT molecular complexity index is 449. The molecule has 0 aromatic heterocycles. The molecule has 0 saturated heterocycles. The zero-order valence-corrected chi connectivity index (χ0v) is 9.71. The SMILES string of the molecule is Cl.N[C@H](c1cc(C(=O)O)cc(F)c1O)C1CC1. The molecule has 94 valence electrons. The molecule has 0 amide bonds. The second-order valence-electron chi connectivity index (χ2n) is 4.06. The maximum atomic E-state index is 13.3. The summed E-state index contributed by atoms with van der Waals surface area (Å²) in [5.41, 5.74) is 5.81. The molecule has 0 bridgehead atoms. The summed E-state index contributed by atoms with van der Waals surface area (Å²) in [5.74, 6) is -2.49. The Labute approximate surface area is 104 Å². The van der Waals surface area contributed by atoms with Gasteiger partial charge in [-0.15, -0.1) is 12.4 Å². The van der Waals surface area contributed by atoms with Crippen molar-refractivity contribution in [3.63, 3.8) is 0 Å². The van der Waals surface area contributed by atoms with Crippen LogP contribution in [0.5, 0.6) is 5.75 Å². The number of hydrogen-bond donors (Lipinski definition) is 3. The normalized spacial score (nSPS) is 16.1. The number of carboxylic acids is 1. The van der Waals surface area contributed by atoms with E-state index in [4.69, 9.17) is 10.8 Å². The fourth-order valence-corrected chi connectivity index (χ4v) is 1.71. The Hall–Kier alpha value is -1.33. The number of phenols is 1. The summed E-state index contributed by atoms with van der Waals surface area (Å²) >= 11 is 0. The summed E-state index contributed by atoms with van der Waals surface area (Å²) in [6.45, 7) is 0. The number of carbonyl (C=O) groups is 1. The largest absolute Gasteiger partial charge is 0.505 e. The Kier molecular flexibility index (Phi) is 3.95. The van der Waals surface area contributed by atoms with Crippen molar-refractivity contribution >= 4 is 18.4 Å².